The molecular formula is C11H18ClN3O2S. The second-order valence-corrected chi connectivity index (χ2v) is 6.50. The van der Waals surface area contributed by atoms with Gasteiger partial charge in [-0.15, -0.1) is 0 Å². The fourth-order valence-corrected chi connectivity index (χ4v) is 2.17. The van der Waals surface area contributed by atoms with Crippen LogP contribution in [0.15, 0.2) is 12.1 Å². The van der Waals surface area contributed by atoms with Gasteiger partial charge in [0.15, 0.2) is 0 Å². The van der Waals surface area contributed by atoms with E-state index < -0.39 is 10.0 Å². The molecule has 1 rings (SSSR count). The SMILES string of the molecule is Cc1nc(Cl)ccc1CN(C)CCNS(C)(=O)=O. The van der Waals surface area contributed by atoms with Gasteiger partial charge < -0.3 is 4.90 Å². The van der Waals surface area contributed by atoms with Gasteiger partial charge in [-0.25, -0.2) is 18.1 Å². The van der Waals surface area contributed by atoms with Crippen LogP contribution >= 0.6 is 11.6 Å². The summed E-state index contributed by atoms with van der Waals surface area (Å²) in [5, 5.41) is 0.484. The molecule has 0 atom stereocenters. The Balaban J connectivity index is 2.47. The molecule has 0 spiro atoms. The molecule has 102 valence electrons. The molecule has 0 saturated carbocycles. The lowest BCUT2D eigenvalue weighted by Gasteiger charge is -2.17. The molecule has 0 aliphatic rings. The van der Waals surface area contributed by atoms with Crippen molar-refractivity contribution in [2.45, 2.75) is 13.5 Å². The third-order valence-corrected chi connectivity index (χ3v) is 3.40. The van der Waals surface area contributed by atoms with E-state index in [9.17, 15) is 8.42 Å². The topological polar surface area (TPSA) is 62.3 Å². The molecule has 0 unspecified atom stereocenters. The molecule has 1 aromatic rings. The van der Waals surface area contributed by atoms with E-state index in [0.29, 0.717) is 24.8 Å². The molecule has 1 aromatic heterocycles. The number of hydrogen-bond donors (Lipinski definition) is 1. The summed E-state index contributed by atoms with van der Waals surface area (Å²) in [6.45, 7) is 3.65. The van der Waals surface area contributed by atoms with Crippen LogP contribution in [0.3, 0.4) is 0 Å². The fourth-order valence-electron chi connectivity index (χ4n) is 1.52. The Morgan fingerprint density at radius 3 is 2.67 bits per heavy atom. The van der Waals surface area contributed by atoms with Crippen LogP contribution in [0.2, 0.25) is 5.15 Å². The van der Waals surface area contributed by atoms with Crippen LogP contribution in [0, 0.1) is 6.92 Å². The number of aromatic nitrogens is 1. The van der Waals surface area contributed by atoms with Gasteiger partial charge in [0.05, 0.1) is 6.26 Å². The highest BCUT2D eigenvalue weighted by Gasteiger charge is 2.06. The zero-order valence-corrected chi connectivity index (χ0v) is 12.3. The quantitative estimate of drug-likeness (QED) is 0.795. The third kappa shape index (κ3) is 5.77. The number of hydrogen-bond acceptors (Lipinski definition) is 4. The van der Waals surface area contributed by atoms with Gasteiger partial charge in [0, 0.05) is 25.3 Å². The largest absolute Gasteiger partial charge is 0.301 e. The summed E-state index contributed by atoms with van der Waals surface area (Å²) < 4.78 is 24.3. The maximum atomic E-state index is 10.9. The molecule has 1 N–H and O–H groups in total. The van der Waals surface area contributed by atoms with E-state index in [1.54, 1.807) is 6.07 Å². The van der Waals surface area contributed by atoms with Crippen LogP contribution in [0.5, 0.6) is 0 Å². The van der Waals surface area contributed by atoms with Gasteiger partial charge in [0.1, 0.15) is 5.15 Å². The minimum Gasteiger partial charge on any atom is -0.301 e. The monoisotopic (exact) mass is 291 g/mol. The summed E-state index contributed by atoms with van der Waals surface area (Å²) >= 11 is 5.79. The number of pyridine rings is 1. The Morgan fingerprint density at radius 2 is 2.11 bits per heavy atom. The molecule has 7 heteroatoms. The first kappa shape index (κ1) is 15.4. The van der Waals surface area contributed by atoms with E-state index >= 15 is 0 Å². The Bertz CT molecular complexity index is 505. The number of sulfonamides is 1. The number of nitrogens with one attached hydrogen (secondary N) is 1. The Kier molecular flexibility index (Phi) is 5.52. The van der Waals surface area contributed by atoms with Crippen molar-refractivity contribution in [1.29, 1.82) is 0 Å². The lowest BCUT2D eigenvalue weighted by Crippen LogP contribution is -2.32. The number of aryl methyl sites for hydroxylation is 1. The van der Waals surface area contributed by atoms with Crippen LogP contribution < -0.4 is 4.72 Å². The Labute approximate surface area is 113 Å². The maximum Gasteiger partial charge on any atom is 0.208 e. The summed E-state index contributed by atoms with van der Waals surface area (Å²) in [5.41, 5.74) is 1.98. The smallest absolute Gasteiger partial charge is 0.208 e. The normalized spacial score (nSPS) is 12.1. The summed E-state index contributed by atoms with van der Waals surface area (Å²) in [7, 11) is -1.18. The van der Waals surface area contributed by atoms with Gasteiger partial charge in [-0.1, -0.05) is 17.7 Å². The van der Waals surface area contributed by atoms with Gasteiger partial charge in [0.25, 0.3) is 0 Å². The molecule has 0 aromatic carbocycles. The van der Waals surface area contributed by atoms with E-state index in [0.717, 1.165) is 17.5 Å². The summed E-state index contributed by atoms with van der Waals surface area (Å²) in [4.78, 5) is 6.20. The standard InChI is InChI=1S/C11H18ClN3O2S/c1-9-10(4-5-11(12)14-9)8-15(2)7-6-13-18(3,16)17/h4-5,13H,6-8H2,1-3H3. The highest BCUT2D eigenvalue weighted by molar-refractivity contribution is 7.88. The molecule has 0 amide bonds. The second-order valence-electron chi connectivity index (χ2n) is 4.28. The van der Waals surface area contributed by atoms with E-state index in [-0.39, 0.29) is 0 Å². The lowest BCUT2D eigenvalue weighted by molar-refractivity contribution is 0.331. The molecule has 0 radical (unpaired) electrons. The molecule has 0 bridgehead atoms. The van der Waals surface area contributed by atoms with Crippen molar-refractivity contribution in [3.05, 3.63) is 28.5 Å². The zero-order valence-electron chi connectivity index (χ0n) is 10.8. The van der Waals surface area contributed by atoms with E-state index in [2.05, 4.69) is 9.71 Å². The van der Waals surface area contributed by atoms with Gasteiger partial charge in [0.2, 0.25) is 10.0 Å². The minimum atomic E-state index is -3.11. The lowest BCUT2D eigenvalue weighted by atomic mass is 10.2. The van der Waals surface area contributed by atoms with Crippen LogP contribution in [-0.2, 0) is 16.6 Å². The van der Waals surface area contributed by atoms with Crippen molar-refractivity contribution < 1.29 is 8.42 Å². The average molecular weight is 292 g/mol. The molecule has 0 aliphatic carbocycles. The van der Waals surface area contributed by atoms with Crippen molar-refractivity contribution in [2.75, 3.05) is 26.4 Å². The predicted molar refractivity (Wildman–Crippen MR) is 73.2 cm³/mol. The van der Waals surface area contributed by atoms with E-state index in [1.807, 2.05) is 24.9 Å². The van der Waals surface area contributed by atoms with Gasteiger partial charge in [-0.05, 0) is 25.6 Å². The molecule has 18 heavy (non-hydrogen) atoms. The van der Waals surface area contributed by atoms with E-state index in [4.69, 9.17) is 11.6 Å². The van der Waals surface area contributed by atoms with Gasteiger partial charge >= 0.3 is 0 Å². The van der Waals surface area contributed by atoms with Crippen LogP contribution in [0.25, 0.3) is 0 Å². The first-order valence-electron chi connectivity index (χ1n) is 5.53. The Morgan fingerprint density at radius 1 is 1.44 bits per heavy atom. The Hall–Kier alpha value is -0.690. The number of halogens is 1. The van der Waals surface area contributed by atoms with Crippen molar-refractivity contribution >= 4 is 21.6 Å². The molecule has 0 aliphatic heterocycles. The number of likely N-dealkylation sites (N-methyl/N-ethyl adjacent to an activating group) is 1. The number of nitrogens with zero attached hydrogens (tertiary/aromatic N) is 2. The summed E-state index contributed by atoms with van der Waals surface area (Å²) in [6.07, 6.45) is 1.15. The predicted octanol–water partition coefficient (Wildman–Crippen LogP) is 1.02. The average Bonchev–Trinajstić information content (AvgIpc) is 2.20. The molecule has 0 fully saturated rings. The van der Waals surface area contributed by atoms with Gasteiger partial charge in [-0.3, -0.25) is 0 Å². The fraction of sp³-hybridized carbons (Fsp3) is 0.545. The van der Waals surface area contributed by atoms with Crippen molar-refractivity contribution in [3.63, 3.8) is 0 Å². The van der Waals surface area contributed by atoms with E-state index in [1.165, 1.54) is 0 Å². The van der Waals surface area contributed by atoms with Crippen LogP contribution in [-0.4, -0.2) is 44.7 Å². The molecular weight excluding hydrogens is 274 g/mol. The molecule has 5 nitrogen and oxygen atoms in total. The first-order valence-corrected chi connectivity index (χ1v) is 7.80. The van der Waals surface area contributed by atoms with Crippen molar-refractivity contribution in [2.24, 2.45) is 0 Å². The second kappa shape index (κ2) is 6.47. The van der Waals surface area contributed by atoms with Crippen LogP contribution in [0.4, 0.5) is 0 Å². The zero-order chi connectivity index (χ0) is 13.8. The summed E-state index contributed by atoms with van der Waals surface area (Å²) in [5.74, 6) is 0. The highest BCUT2D eigenvalue weighted by atomic mass is 35.5. The molecule has 0 saturated heterocycles. The van der Waals surface area contributed by atoms with Gasteiger partial charge in [-0.2, -0.15) is 0 Å². The van der Waals surface area contributed by atoms with Crippen LogP contribution in [0.1, 0.15) is 11.3 Å². The highest BCUT2D eigenvalue weighted by Crippen LogP contribution is 2.12. The maximum absolute atomic E-state index is 10.9. The first-order chi connectivity index (χ1) is 8.28. The number of rotatable bonds is 6. The minimum absolute atomic E-state index is 0.398. The molecule has 1 heterocycles. The van der Waals surface area contributed by atoms with Crippen molar-refractivity contribution in [3.8, 4) is 0 Å². The summed E-state index contributed by atoms with van der Waals surface area (Å²) in [6, 6.07) is 3.69. The third-order valence-electron chi connectivity index (χ3n) is 2.46. The van der Waals surface area contributed by atoms with Crippen molar-refractivity contribution in [1.82, 2.24) is 14.6 Å².